The molecule has 2 rings (SSSR count). The molecule has 0 fully saturated rings. The molecule has 0 saturated carbocycles. The van der Waals surface area contributed by atoms with Gasteiger partial charge in [-0.1, -0.05) is 12.1 Å². The molecule has 6 heteroatoms. The molecule has 1 unspecified atom stereocenters. The standard InChI is InChI=1S/C14H13F2NO3/c1-19-14(18)12-6-5-11(20-12)10(17)7-8-3-2-4-9(15)13(8)16/h2-6,10H,7,17H2,1H3. The normalized spacial score (nSPS) is 12.2. The highest BCUT2D eigenvalue weighted by Crippen LogP contribution is 2.21. The molecule has 1 aromatic heterocycles. The van der Waals surface area contributed by atoms with Crippen LogP contribution in [0.2, 0.25) is 0 Å². The molecular weight excluding hydrogens is 268 g/mol. The molecule has 0 aliphatic rings. The number of benzene rings is 1. The van der Waals surface area contributed by atoms with E-state index in [4.69, 9.17) is 10.2 Å². The van der Waals surface area contributed by atoms with Gasteiger partial charge in [0.15, 0.2) is 11.6 Å². The summed E-state index contributed by atoms with van der Waals surface area (Å²) in [7, 11) is 1.23. The van der Waals surface area contributed by atoms with Crippen LogP contribution in [0.5, 0.6) is 0 Å². The maximum atomic E-state index is 13.5. The van der Waals surface area contributed by atoms with Crippen LogP contribution in [0, 0.1) is 11.6 Å². The average molecular weight is 281 g/mol. The van der Waals surface area contributed by atoms with Gasteiger partial charge in [0.25, 0.3) is 0 Å². The molecule has 0 bridgehead atoms. The van der Waals surface area contributed by atoms with Crippen molar-refractivity contribution in [2.24, 2.45) is 5.73 Å². The van der Waals surface area contributed by atoms with Crippen molar-refractivity contribution in [3.63, 3.8) is 0 Å². The zero-order valence-electron chi connectivity index (χ0n) is 10.7. The average Bonchev–Trinajstić information content (AvgIpc) is 2.93. The minimum atomic E-state index is -0.928. The Kier molecular flexibility index (Phi) is 4.14. The van der Waals surface area contributed by atoms with Gasteiger partial charge in [0.05, 0.1) is 13.2 Å². The molecule has 20 heavy (non-hydrogen) atoms. The van der Waals surface area contributed by atoms with Crippen LogP contribution in [-0.2, 0) is 11.2 Å². The zero-order valence-corrected chi connectivity index (χ0v) is 10.7. The summed E-state index contributed by atoms with van der Waals surface area (Å²) < 4.78 is 36.3. The van der Waals surface area contributed by atoms with E-state index >= 15 is 0 Å². The van der Waals surface area contributed by atoms with Gasteiger partial charge in [0.1, 0.15) is 5.76 Å². The maximum absolute atomic E-state index is 13.5. The first-order valence-electron chi connectivity index (χ1n) is 5.89. The monoisotopic (exact) mass is 281 g/mol. The first-order valence-corrected chi connectivity index (χ1v) is 5.89. The molecule has 0 aliphatic heterocycles. The molecule has 4 nitrogen and oxygen atoms in total. The fourth-order valence-electron chi connectivity index (χ4n) is 1.81. The van der Waals surface area contributed by atoms with Crippen LogP contribution in [0.15, 0.2) is 34.7 Å². The Morgan fingerprint density at radius 3 is 2.80 bits per heavy atom. The van der Waals surface area contributed by atoms with E-state index in [2.05, 4.69) is 4.74 Å². The Bertz CT molecular complexity index is 625. The largest absolute Gasteiger partial charge is 0.463 e. The van der Waals surface area contributed by atoms with E-state index in [0.29, 0.717) is 5.76 Å². The minimum absolute atomic E-state index is 0.0117. The van der Waals surface area contributed by atoms with Crippen LogP contribution in [0.3, 0.4) is 0 Å². The number of hydrogen-bond acceptors (Lipinski definition) is 4. The first kappa shape index (κ1) is 14.2. The van der Waals surface area contributed by atoms with Crippen LogP contribution < -0.4 is 5.73 Å². The third-order valence-corrected chi connectivity index (χ3v) is 2.85. The summed E-state index contributed by atoms with van der Waals surface area (Å²) in [6, 6.07) is 6.12. The molecule has 106 valence electrons. The van der Waals surface area contributed by atoms with Crippen molar-refractivity contribution < 1.29 is 22.7 Å². The maximum Gasteiger partial charge on any atom is 0.373 e. The van der Waals surface area contributed by atoms with Crippen LogP contribution in [-0.4, -0.2) is 13.1 Å². The molecule has 1 heterocycles. The molecule has 2 N–H and O–H groups in total. The lowest BCUT2D eigenvalue weighted by Crippen LogP contribution is -2.14. The number of nitrogens with two attached hydrogens (primary N) is 1. The molecular formula is C14H13F2NO3. The number of furan rings is 1. The summed E-state index contributed by atoms with van der Waals surface area (Å²) in [5.41, 5.74) is 6.01. The van der Waals surface area contributed by atoms with Crippen LogP contribution >= 0.6 is 0 Å². The molecule has 1 aromatic carbocycles. The third kappa shape index (κ3) is 2.85. The van der Waals surface area contributed by atoms with E-state index in [1.165, 1.54) is 31.4 Å². The number of hydrogen-bond donors (Lipinski definition) is 1. The van der Waals surface area contributed by atoms with Crippen molar-refractivity contribution in [1.29, 1.82) is 0 Å². The van der Waals surface area contributed by atoms with E-state index in [0.717, 1.165) is 6.07 Å². The highest BCUT2D eigenvalue weighted by Gasteiger charge is 2.18. The predicted molar refractivity (Wildman–Crippen MR) is 67.0 cm³/mol. The Morgan fingerprint density at radius 1 is 1.35 bits per heavy atom. The summed E-state index contributed by atoms with van der Waals surface area (Å²) in [6.45, 7) is 0. The van der Waals surface area contributed by atoms with Crippen LogP contribution in [0.4, 0.5) is 8.78 Å². The van der Waals surface area contributed by atoms with Gasteiger partial charge >= 0.3 is 5.97 Å². The van der Waals surface area contributed by atoms with Gasteiger partial charge < -0.3 is 14.9 Å². The predicted octanol–water partition coefficient (Wildman–Crippen LogP) is 2.59. The van der Waals surface area contributed by atoms with Crippen molar-refractivity contribution in [1.82, 2.24) is 0 Å². The topological polar surface area (TPSA) is 65.5 Å². The fraction of sp³-hybridized carbons (Fsp3) is 0.214. The van der Waals surface area contributed by atoms with Crippen molar-refractivity contribution in [2.75, 3.05) is 7.11 Å². The SMILES string of the molecule is COC(=O)c1ccc(C(N)Cc2cccc(F)c2F)o1. The van der Waals surface area contributed by atoms with Crippen LogP contribution in [0.25, 0.3) is 0 Å². The number of esters is 1. The highest BCUT2D eigenvalue weighted by molar-refractivity contribution is 5.86. The fourth-order valence-corrected chi connectivity index (χ4v) is 1.81. The number of rotatable bonds is 4. The van der Waals surface area contributed by atoms with Gasteiger partial charge in [0.2, 0.25) is 5.76 Å². The summed E-state index contributed by atoms with van der Waals surface area (Å²) in [6.07, 6.45) is 0.0533. The molecule has 0 spiro atoms. The van der Waals surface area contributed by atoms with Crippen molar-refractivity contribution in [2.45, 2.75) is 12.5 Å². The van der Waals surface area contributed by atoms with Gasteiger partial charge in [-0.25, -0.2) is 13.6 Å². The number of carbonyl (C=O) groups excluding carboxylic acids is 1. The van der Waals surface area contributed by atoms with Crippen molar-refractivity contribution >= 4 is 5.97 Å². The van der Waals surface area contributed by atoms with E-state index in [-0.39, 0.29) is 17.7 Å². The second kappa shape index (κ2) is 5.83. The smallest absolute Gasteiger partial charge is 0.373 e. The van der Waals surface area contributed by atoms with Crippen molar-refractivity contribution in [3.8, 4) is 0 Å². The lowest BCUT2D eigenvalue weighted by atomic mass is 10.0. The lowest BCUT2D eigenvalue weighted by Gasteiger charge is -2.10. The molecule has 0 amide bonds. The second-order valence-electron chi connectivity index (χ2n) is 4.22. The molecule has 0 saturated heterocycles. The van der Waals surface area contributed by atoms with Gasteiger partial charge in [-0.3, -0.25) is 0 Å². The van der Waals surface area contributed by atoms with E-state index in [1.54, 1.807) is 0 Å². The third-order valence-electron chi connectivity index (χ3n) is 2.85. The van der Waals surface area contributed by atoms with E-state index in [9.17, 15) is 13.6 Å². The number of halogens is 2. The van der Waals surface area contributed by atoms with Gasteiger partial charge in [0, 0.05) is 0 Å². The second-order valence-corrected chi connectivity index (χ2v) is 4.22. The first-order chi connectivity index (χ1) is 9.52. The quantitative estimate of drug-likeness (QED) is 0.875. The van der Waals surface area contributed by atoms with E-state index in [1.807, 2.05) is 0 Å². The highest BCUT2D eigenvalue weighted by atomic mass is 19.2. The zero-order chi connectivity index (χ0) is 14.7. The van der Waals surface area contributed by atoms with E-state index < -0.39 is 23.6 Å². The molecule has 0 radical (unpaired) electrons. The summed E-state index contributed by atoms with van der Waals surface area (Å²) in [5, 5.41) is 0. The number of methoxy groups -OCH3 is 1. The Morgan fingerprint density at radius 2 is 2.10 bits per heavy atom. The Balaban J connectivity index is 2.16. The Labute approximate surface area is 114 Å². The number of ether oxygens (including phenoxy) is 1. The van der Waals surface area contributed by atoms with Crippen molar-refractivity contribution in [3.05, 3.63) is 59.1 Å². The molecule has 2 aromatic rings. The van der Waals surface area contributed by atoms with Crippen LogP contribution in [0.1, 0.15) is 27.9 Å². The molecule has 1 atom stereocenters. The summed E-state index contributed by atoms with van der Waals surface area (Å²) in [4.78, 5) is 11.2. The number of carbonyl (C=O) groups is 1. The summed E-state index contributed by atoms with van der Waals surface area (Å²) >= 11 is 0. The lowest BCUT2D eigenvalue weighted by molar-refractivity contribution is 0.0562. The Hall–Kier alpha value is -2.21. The molecule has 0 aliphatic carbocycles. The summed E-state index contributed by atoms with van der Waals surface area (Å²) in [5.74, 6) is -2.17. The van der Waals surface area contributed by atoms with Gasteiger partial charge in [-0.2, -0.15) is 0 Å². The van der Waals surface area contributed by atoms with Gasteiger partial charge in [-0.05, 0) is 30.2 Å². The minimum Gasteiger partial charge on any atom is -0.463 e. The van der Waals surface area contributed by atoms with Gasteiger partial charge in [-0.15, -0.1) is 0 Å².